The van der Waals surface area contributed by atoms with Crippen LogP contribution < -0.4 is 0 Å². The van der Waals surface area contributed by atoms with E-state index in [-0.39, 0.29) is 30.2 Å². The maximum Gasteiger partial charge on any atom is 0.223 e. The molecule has 2 aromatic rings. The Morgan fingerprint density at radius 3 is 2.52 bits per heavy atom. The zero-order valence-electron chi connectivity index (χ0n) is 15.5. The van der Waals surface area contributed by atoms with Crippen LogP contribution in [0.5, 0.6) is 0 Å². The van der Waals surface area contributed by atoms with Crippen LogP contribution in [-0.4, -0.2) is 29.1 Å². The lowest BCUT2D eigenvalue weighted by molar-refractivity contribution is -0.138. The maximum absolute atomic E-state index is 13.6. The van der Waals surface area contributed by atoms with Crippen LogP contribution in [0.2, 0.25) is 0 Å². The predicted molar refractivity (Wildman–Crippen MR) is 100 cm³/mol. The second-order valence-corrected chi connectivity index (χ2v) is 7.36. The third kappa shape index (κ3) is 4.19. The van der Waals surface area contributed by atoms with Gasteiger partial charge in [0, 0.05) is 25.0 Å². The normalized spacial score (nSPS) is 21.3. The number of hydrogen-bond acceptors (Lipinski definition) is 2. The van der Waals surface area contributed by atoms with Crippen LogP contribution in [0.15, 0.2) is 48.5 Å². The molecule has 5 heteroatoms. The van der Waals surface area contributed by atoms with E-state index in [0.29, 0.717) is 25.8 Å². The summed E-state index contributed by atoms with van der Waals surface area (Å²) in [6.45, 7) is 2.51. The van der Waals surface area contributed by atoms with E-state index >= 15 is 0 Å². The Morgan fingerprint density at radius 2 is 1.89 bits per heavy atom. The molecule has 1 N–H and O–H groups in total. The van der Waals surface area contributed by atoms with E-state index in [1.54, 1.807) is 23.1 Å². The van der Waals surface area contributed by atoms with Gasteiger partial charge in [-0.2, -0.15) is 0 Å². The molecule has 1 amide bonds. The molecule has 0 saturated carbocycles. The number of carbonyl (C=O) groups excluding carboxylic acids is 1. The van der Waals surface area contributed by atoms with Crippen molar-refractivity contribution in [2.45, 2.75) is 44.1 Å². The highest BCUT2D eigenvalue weighted by Gasteiger charge is 2.41. The van der Waals surface area contributed by atoms with Gasteiger partial charge in [-0.15, -0.1) is 0 Å². The maximum atomic E-state index is 13.6. The molecule has 2 aromatic carbocycles. The predicted octanol–water partition coefficient (Wildman–Crippen LogP) is 4.36. The van der Waals surface area contributed by atoms with Crippen LogP contribution in [0.1, 0.15) is 49.8 Å². The monoisotopic (exact) mass is 373 g/mol. The number of benzene rings is 2. The van der Waals surface area contributed by atoms with Crippen molar-refractivity contribution >= 4 is 5.91 Å². The fourth-order valence-corrected chi connectivity index (χ4v) is 4.12. The van der Waals surface area contributed by atoms with E-state index in [9.17, 15) is 18.7 Å². The van der Waals surface area contributed by atoms with Crippen molar-refractivity contribution < 1.29 is 18.7 Å². The van der Waals surface area contributed by atoms with Crippen molar-refractivity contribution in [3.05, 3.63) is 71.3 Å². The Labute approximate surface area is 158 Å². The van der Waals surface area contributed by atoms with E-state index in [1.807, 2.05) is 13.0 Å². The molecular weight excluding hydrogens is 348 g/mol. The largest absolute Gasteiger partial charge is 0.396 e. The summed E-state index contributed by atoms with van der Waals surface area (Å²) in [7, 11) is 0. The number of carbonyl (C=O) groups is 1. The van der Waals surface area contributed by atoms with Gasteiger partial charge in [0.05, 0.1) is 6.04 Å². The summed E-state index contributed by atoms with van der Waals surface area (Å²) in [6, 6.07) is 12.4. The van der Waals surface area contributed by atoms with Gasteiger partial charge in [0.2, 0.25) is 5.91 Å². The molecule has 0 unspecified atom stereocenters. The molecule has 0 bridgehead atoms. The van der Waals surface area contributed by atoms with E-state index in [0.717, 1.165) is 17.5 Å². The number of aliphatic hydroxyl groups excluding tert-OH is 1. The van der Waals surface area contributed by atoms with Gasteiger partial charge in [-0.3, -0.25) is 4.79 Å². The molecular formula is C22H25F2NO2. The van der Waals surface area contributed by atoms with Gasteiger partial charge in [0.25, 0.3) is 0 Å². The van der Waals surface area contributed by atoms with Crippen LogP contribution in [0.4, 0.5) is 8.78 Å². The third-order valence-electron chi connectivity index (χ3n) is 5.71. The average molecular weight is 373 g/mol. The molecule has 27 heavy (non-hydrogen) atoms. The van der Waals surface area contributed by atoms with Gasteiger partial charge in [-0.1, -0.05) is 24.3 Å². The highest BCUT2D eigenvalue weighted by atomic mass is 19.1. The van der Waals surface area contributed by atoms with Crippen molar-refractivity contribution in [2.75, 3.05) is 13.2 Å². The summed E-state index contributed by atoms with van der Waals surface area (Å²) in [6.07, 6.45) is 2.29. The Balaban J connectivity index is 1.83. The molecule has 0 aromatic heterocycles. The minimum Gasteiger partial charge on any atom is -0.396 e. The molecule has 3 rings (SSSR count). The summed E-state index contributed by atoms with van der Waals surface area (Å²) < 4.78 is 26.9. The van der Waals surface area contributed by atoms with Crippen molar-refractivity contribution in [3.8, 4) is 0 Å². The zero-order chi connectivity index (χ0) is 19.4. The highest BCUT2D eigenvalue weighted by molar-refractivity contribution is 5.79. The SMILES string of the molecule is C[C@@H](c1cccc(F)c1)N1CC[C@](CCCO)(c2ccc(F)cc2)CC1=O. The van der Waals surface area contributed by atoms with Crippen LogP contribution in [0.3, 0.4) is 0 Å². The molecule has 1 fully saturated rings. The first-order valence-corrected chi connectivity index (χ1v) is 9.37. The molecule has 1 aliphatic rings. The van der Waals surface area contributed by atoms with Crippen molar-refractivity contribution in [1.29, 1.82) is 0 Å². The van der Waals surface area contributed by atoms with Gasteiger partial charge < -0.3 is 10.0 Å². The quantitative estimate of drug-likeness (QED) is 0.817. The standard InChI is InChI=1S/C22H25F2NO2/c1-16(17-4-2-5-20(24)14-17)25-12-11-22(10-3-13-26,15-21(25)27)18-6-8-19(23)9-7-18/h2,4-9,14,16,26H,3,10-13,15H2,1H3/t16-,22-/m0/s1. The lowest BCUT2D eigenvalue weighted by Gasteiger charge is -2.44. The Morgan fingerprint density at radius 1 is 1.15 bits per heavy atom. The summed E-state index contributed by atoms with van der Waals surface area (Å²) in [5.41, 5.74) is 1.31. The molecule has 1 saturated heterocycles. The lowest BCUT2D eigenvalue weighted by Crippen LogP contribution is -2.47. The molecule has 144 valence electrons. The van der Waals surface area contributed by atoms with Crippen LogP contribution in [0, 0.1) is 11.6 Å². The Hall–Kier alpha value is -2.27. The van der Waals surface area contributed by atoms with Crippen LogP contribution in [-0.2, 0) is 10.2 Å². The van der Waals surface area contributed by atoms with E-state index in [4.69, 9.17) is 0 Å². The molecule has 0 radical (unpaired) electrons. The van der Waals surface area contributed by atoms with Crippen LogP contribution >= 0.6 is 0 Å². The third-order valence-corrected chi connectivity index (χ3v) is 5.71. The number of nitrogens with zero attached hydrogens (tertiary/aromatic N) is 1. The first-order valence-electron chi connectivity index (χ1n) is 9.37. The van der Waals surface area contributed by atoms with E-state index in [2.05, 4.69) is 0 Å². The molecule has 2 atom stereocenters. The van der Waals surface area contributed by atoms with Crippen molar-refractivity contribution in [2.24, 2.45) is 0 Å². The van der Waals surface area contributed by atoms with Gasteiger partial charge >= 0.3 is 0 Å². The fraction of sp³-hybridized carbons (Fsp3) is 0.409. The van der Waals surface area contributed by atoms with E-state index < -0.39 is 5.41 Å². The van der Waals surface area contributed by atoms with Gasteiger partial charge in [-0.25, -0.2) is 8.78 Å². The molecule has 0 spiro atoms. The van der Waals surface area contributed by atoms with Gasteiger partial charge in [-0.05, 0) is 61.6 Å². The first-order chi connectivity index (χ1) is 12.9. The molecule has 1 heterocycles. The average Bonchev–Trinajstić information content (AvgIpc) is 2.66. The van der Waals surface area contributed by atoms with Gasteiger partial charge in [0.15, 0.2) is 0 Å². The van der Waals surface area contributed by atoms with Crippen LogP contribution in [0.25, 0.3) is 0 Å². The molecule has 0 aliphatic carbocycles. The molecule has 1 aliphatic heterocycles. The molecule has 3 nitrogen and oxygen atoms in total. The summed E-state index contributed by atoms with van der Waals surface area (Å²) in [4.78, 5) is 14.8. The topological polar surface area (TPSA) is 40.5 Å². The Kier molecular flexibility index (Phi) is 5.90. The minimum absolute atomic E-state index is 0.000256. The zero-order valence-corrected chi connectivity index (χ0v) is 15.5. The minimum atomic E-state index is -0.397. The highest BCUT2D eigenvalue weighted by Crippen LogP contribution is 2.42. The summed E-state index contributed by atoms with van der Waals surface area (Å²) in [5.74, 6) is -0.618. The van der Waals surface area contributed by atoms with Crippen molar-refractivity contribution in [1.82, 2.24) is 4.90 Å². The van der Waals surface area contributed by atoms with E-state index in [1.165, 1.54) is 24.3 Å². The second-order valence-electron chi connectivity index (χ2n) is 7.36. The number of amides is 1. The number of hydrogen-bond donors (Lipinski definition) is 1. The summed E-state index contributed by atoms with van der Waals surface area (Å²) >= 11 is 0. The number of likely N-dealkylation sites (tertiary alicyclic amines) is 1. The second kappa shape index (κ2) is 8.17. The fourth-order valence-electron chi connectivity index (χ4n) is 4.12. The lowest BCUT2D eigenvalue weighted by atomic mass is 9.69. The Bertz CT molecular complexity index is 793. The smallest absolute Gasteiger partial charge is 0.223 e. The van der Waals surface area contributed by atoms with Gasteiger partial charge in [0.1, 0.15) is 11.6 Å². The number of halogens is 2. The first kappa shape index (κ1) is 19.5. The number of aliphatic hydroxyl groups is 1. The van der Waals surface area contributed by atoms with Crippen molar-refractivity contribution in [3.63, 3.8) is 0 Å². The number of piperidine rings is 1. The number of rotatable bonds is 6. The summed E-state index contributed by atoms with van der Waals surface area (Å²) in [5, 5.41) is 9.29.